The van der Waals surface area contributed by atoms with Crippen molar-refractivity contribution in [1.29, 1.82) is 0 Å². The van der Waals surface area contributed by atoms with Crippen molar-refractivity contribution >= 4 is 12.6 Å². The van der Waals surface area contributed by atoms with Gasteiger partial charge in [0.15, 0.2) is 0 Å². The molecule has 1 heteroatoms. The van der Waals surface area contributed by atoms with E-state index in [0.29, 0.717) is 5.92 Å². The Morgan fingerprint density at radius 3 is 1.36 bits per heavy atom. The first-order valence-electron chi connectivity index (χ1n) is 14.8. The van der Waals surface area contributed by atoms with Crippen LogP contribution in [0.4, 0.5) is 0 Å². The highest BCUT2D eigenvalue weighted by molar-refractivity contribution is 7.80. The van der Waals surface area contributed by atoms with Crippen molar-refractivity contribution in [3.63, 3.8) is 0 Å². The lowest BCUT2D eigenvalue weighted by molar-refractivity contribution is 0.421. The van der Waals surface area contributed by atoms with Gasteiger partial charge in [-0.3, -0.25) is 0 Å². The SMILES string of the molecule is C1CC1.CC.CC.CC.CC.CC.CCC(CCS)C(C)c1ccccc1C.CCCCC. The van der Waals surface area contributed by atoms with Crippen LogP contribution in [0.5, 0.6) is 0 Å². The van der Waals surface area contributed by atoms with Crippen LogP contribution in [0.25, 0.3) is 0 Å². The van der Waals surface area contributed by atoms with E-state index in [1.807, 2.05) is 69.2 Å². The number of unbranched alkanes of at least 4 members (excludes halogenated alkanes) is 2. The average molecular weight is 487 g/mol. The molecule has 1 aliphatic rings. The first-order valence-corrected chi connectivity index (χ1v) is 15.4. The molecule has 0 aromatic heterocycles. The molecular formula is C32H70S. The lowest BCUT2D eigenvalue weighted by Crippen LogP contribution is -2.11. The second-order valence-corrected chi connectivity index (χ2v) is 7.19. The van der Waals surface area contributed by atoms with E-state index in [1.54, 1.807) is 0 Å². The van der Waals surface area contributed by atoms with E-state index in [-0.39, 0.29) is 0 Å². The van der Waals surface area contributed by atoms with Crippen molar-refractivity contribution in [2.24, 2.45) is 5.92 Å². The minimum atomic E-state index is 0.656. The summed E-state index contributed by atoms with van der Waals surface area (Å²) < 4.78 is 0. The minimum Gasteiger partial charge on any atom is -0.179 e. The van der Waals surface area contributed by atoms with Crippen LogP contribution in [-0.2, 0) is 0 Å². The molecular weight excluding hydrogens is 416 g/mol. The van der Waals surface area contributed by atoms with E-state index in [0.717, 1.165) is 11.7 Å². The third-order valence-corrected chi connectivity index (χ3v) is 4.73. The van der Waals surface area contributed by atoms with Gasteiger partial charge in [0.05, 0.1) is 0 Å². The normalized spacial score (nSPS) is 11.2. The molecule has 2 atom stereocenters. The number of benzene rings is 1. The Morgan fingerprint density at radius 2 is 1.12 bits per heavy atom. The number of hydrogen-bond acceptors (Lipinski definition) is 1. The maximum absolute atomic E-state index is 4.35. The van der Waals surface area contributed by atoms with E-state index in [9.17, 15) is 0 Å². The Hall–Kier alpha value is -0.430. The summed E-state index contributed by atoms with van der Waals surface area (Å²) in [7, 11) is 0. The van der Waals surface area contributed by atoms with Crippen molar-refractivity contribution < 1.29 is 0 Å². The molecule has 0 nitrogen and oxygen atoms in total. The molecule has 1 saturated carbocycles. The fourth-order valence-electron chi connectivity index (χ4n) is 2.68. The summed E-state index contributed by atoms with van der Waals surface area (Å²) in [5, 5.41) is 0. The van der Waals surface area contributed by atoms with Crippen LogP contribution in [0.15, 0.2) is 24.3 Å². The number of aryl methyl sites for hydroxylation is 1. The Morgan fingerprint density at radius 1 is 0.727 bits per heavy atom. The summed E-state index contributed by atoms with van der Waals surface area (Å²) in [4.78, 5) is 0. The number of rotatable bonds is 7. The Bertz CT molecular complexity index is 366. The Labute approximate surface area is 220 Å². The van der Waals surface area contributed by atoms with Gasteiger partial charge in [-0.1, -0.05) is 166 Å². The van der Waals surface area contributed by atoms with Gasteiger partial charge in [-0.25, -0.2) is 0 Å². The molecule has 1 aromatic rings. The van der Waals surface area contributed by atoms with Crippen LogP contribution >= 0.6 is 12.6 Å². The molecule has 0 N–H and O–H groups in total. The van der Waals surface area contributed by atoms with Crippen molar-refractivity contribution in [2.45, 2.75) is 161 Å². The van der Waals surface area contributed by atoms with E-state index >= 15 is 0 Å². The number of hydrogen-bond donors (Lipinski definition) is 1. The van der Waals surface area contributed by atoms with Gasteiger partial charge in [0.1, 0.15) is 0 Å². The Kier molecular flexibility index (Phi) is 68.1. The molecule has 1 aromatic carbocycles. The van der Waals surface area contributed by atoms with Crippen molar-refractivity contribution in [1.82, 2.24) is 0 Å². The van der Waals surface area contributed by atoms with Crippen molar-refractivity contribution in [3.05, 3.63) is 35.4 Å². The predicted molar refractivity (Wildman–Crippen MR) is 168 cm³/mol. The highest BCUT2D eigenvalue weighted by Gasteiger charge is 2.17. The third-order valence-electron chi connectivity index (χ3n) is 4.47. The predicted octanol–water partition coefficient (Wildman–Crippen LogP) is 12.9. The quantitative estimate of drug-likeness (QED) is 0.364. The highest BCUT2D eigenvalue weighted by atomic mass is 32.1. The van der Waals surface area contributed by atoms with Crippen LogP contribution in [0.1, 0.15) is 165 Å². The van der Waals surface area contributed by atoms with Gasteiger partial charge < -0.3 is 0 Å². The van der Waals surface area contributed by atoms with Gasteiger partial charge in [-0.15, -0.1) is 0 Å². The van der Waals surface area contributed by atoms with Crippen molar-refractivity contribution in [2.75, 3.05) is 5.75 Å². The van der Waals surface area contributed by atoms with Gasteiger partial charge in [0.2, 0.25) is 0 Å². The van der Waals surface area contributed by atoms with Gasteiger partial charge in [0.25, 0.3) is 0 Å². The van der Waals surface area contributed by atoms with Gasteiger partial charge >= 0.3 is 0 Å². The summed E-state index contributed by atoms with van der Waals surface area (Å²) in [6.07, 6.45) is 11.0. The third kappa shape index (κ3) is 39.1. The first kappa shape index (κ1) is 46.0. The molecule has 0 heterocycles. The van der Waals surface area contributed by atoms with Crippen LogP contribution in [-0.4, -0.2) is 5.75 Å². The Balaban J connectivity index is -0.0000000835. The highest BCUT2D eigenvalue weighted by Crippen LogP contribution is 2.31. The van der Waals surface area contributed by atoms with Crippen LogP contribution in [0.3, 0.4) is 0 Å². The fourth-order valence-corrected chi connectivity index (χ4v) is 3.01. The maximum atomic E-state index is 4.35. The van der Waals surface area contributed by atoms with Crippen LogP contribution < -0.4 is 0 Å². The van der Waals surface area contributed by atoms with E-state index in [1.165, 1.54) is 62.5 Å². The van der Waals surface area contributed by atoms with Crippen LogP contribution in [0, 0.1) is 12.8 Å². The smallest absolute Gasteiger partial charge is 0.00951 e. The molecule has 0 radical (unpaired) electrons. The fraction of sp³-hybridized carbons (Fsp3) is 0.812. The van der Waals surface area contributed by atoms with E-state index in [4.69, 9.17) is 0 Å². The summed E-state index contributed by atoms with van der Waals surface area (Å²) in [6, 6.07) is 8.73. The second kappa shape index (κ2) is 48.9. The average Bonchev–Trinajstić information content (AvgIpc) is 3.79. The second-order valence-electron chi connectivity index (χ2n) is 6.74. The first-order chi connectivity index (χ1) is 16.1. The zero-order valence-corrected chi connectivity index (χ0v) is 27.2. The minimum absolute atomic E-state index is 0.656. The molecule has 2 rings (SSSR count). The zero-order chi connectivity index (χ0) is 27.5. The molecule has 1 fully saturated rings. The maximum Gasteiger partial charge on any atom is -0.00951 e. The molecule has 0 spiro atoms. The summed E-state index contributed by atoms with van der Waals surface area (Å²) in [6.45, 7) is 31.3. The van der Waals surface area contributed by atoms with Gasteiger partial charge in [0, 0.05) is 0 Å². The lowest BCUT2D eigenvalue weighted by atomic mass is 9.82. The molecule has 0 bridgehead atoms. The van der Waals surface area contributed by atoms with E-state index < -0.39 is 0 Å². The molecule has 2 unspecified atom stereocenters. The largest absolute Gasteiger partial charge is 0.179 e. The van der Waals surface area contributed by atoms with Crippen molar-refractivity contribution in [3.8, 4) is 0 Å². The van der Waals surface area contributed by atoms with Gasteiger partial charge in [-0.2, -0.15) is 12.6 Å². The standard InChI is InChI=1S/C14H22S.C5H12.C3H6.5C2H6/c1-4-13(9-10-15)12(3)14-8-6-5-7-11(14)2;1-3-5-4-2;1-2-3-1;5*1-2/h5-8,12-13,15H,4,9-10H2,1-3H3;3-5H2,1-2H3;1-3H2;5*1-2H3. The summed E-state index contributed by atoms with van der Waals surface area (Å²) in [5.41, 5.74) is 2.92. The monoisotopic (exact) mass is 487 g/mol. The molecule has 1 aliphatic carbocycles. The lowest BCUT2D eigenvalue weighted by Gasteiger charge is -2.24. The summed E-state index contributed by atoms with van der Waals surface area (Å²) >= 11 is 4.35. The zero-order valence-electron chi connectivity index (χ0n) is 26.3. The van der Waals surface area contributed by atoms with Crippen LogP contribution in [0.2, 0.25) is 0 Å². The summed E-state index contributed by atoms with van der Waals surface area (Å²) in [5.74, 6) is 2.42. The molecule has 33 heavy (non-hydrogen) atoms. The molecule has 0 aliphatic heterocycles. The molecule has 0 amide bonds. The van der Waals surface area contributed by atoms with Gasteiger partial charge in [-0.05, 0) is 42.1 Å². The molecule has 204 valence electrons. The number of thiol groups is 1. The van der Waals surface area contributed by atoms with E-state index in [2.05, 4.69) is 71.5 Å². The molecule has 0 saturated heterocycles. The topological polar surface area (TPSA) is 0 Å².